The zero-order valence-electron chi connectivity index (χ0n) is 15.2. The van der Waals surface area contributed by atoms with Crippen LogP contribution < -0.4 is 5.32 Å². The van der Waals surface area contributed by atoms with Crippen molar-refractivity contribution in [1.29, 1.82) is 0 Å². The number of nitrogens with zero attached hydrogens (tertiary/aromatic N) is 3. The van der Waals surface area contributed by atoms with E-state index >= 15 is 0 Å². The minimum absolute atomic E-state index is 0.237. The predicted molar refractivity (Wildman–Crippen MR) is 110 cm³/mol. The molecule has 140 valence electrons. The fourth-order valence-electron chi connectivity index (χ4n) is 2.88. The topological polar surface area (TPSA) is 84.8 Å². The number of anilines is 1. The SMILES string of the molecule is CS(=O)(=O)c1ccc2nc(-c3cccnc3)nc(NCc3ccccc3)c2c1. The van der Waals surface area contributed by atoms with Crippen molar-refractivity contribution in [3.8, 4) is 11.4 Å². The van der Waals surface area contributed by atoms with E-state index < -0.39 is 9.84 Å². The van der Waals surface area contributed by atoms with Crippen LogP contribution in [0.1, 0.15) is 5.56 Å². The highest BCUT2D eigenvalue weighted by Gasteiger charge is 2.14. The van der Waals surface area contributed by atoms with Crippen LogP contribution in [0, 0.1) is 0 Å². The van der Waals surface area contributed by atoms with Gasteiger partial charge < -0.3 is 5.32 Å². The van der Waals surface area contributed by atoms with Crippen LogP contribution in [-0.4, -0.2) is 29.6 Å². The molecule has 0 fully saturated rings. The number of sulfone groups is 1. The van der Waals surface area contributed by atoms with Crippen molar-refractivity contribution in [1.82, 2.24) is 15.0 Å². The first-order valence-corrected chi connectivity index (χ1v) is 10.6. The Morgan fingerprint density at radius 2 is 1.79 bits per heavy atom. The van der Waals surface area contributed by atoms with Crippen molar-refractivity contribution in [3.63, 3.8) is 0 Å². The van der Waals surface area contributed by atoms with Crippen LogP contribution >= 0.6 is 0 Å². The van der Waals surface area contributed by atoms with Gasteiger partial charge in [-0.25, -0.2) is 18.4 Å². The fourth-order valence-corrected chi connectivity index (χ4v) is 3.53. The molecule has 4 aromatic rings. The molecular weight excluding hydrogens is 372 g/mol. The molecule has 0 saturated heterocycles. The lowest BCUT2D eigenvalue weighted by molar-refractivity contribution is 0.602. The van der Waals surface area contributed by atoms with E-state index in [4.69, 9.17) is 0 Å². The maximum absolute atomic E-state index is 12.0. The number of benzene rings is 2. The second-order valence-electron chi connectivity index (χ2n) is 6.43. The summed E-state index contributed by atoms with van der Waals surface area (Å²) in [5.74, 6) is 1.11. The van der Waals surface area contributed by atoms with Gasteiger partial charge in [0.05, 0.1) is 10.4 Å². The highest BCUT2D eigenvalue weighted by Crippen LogP contribution is 2.27. The molecule has 0 bridgehead atoms. The maximum Gasteiger partial charge on any atom is 0.175 e. The van der Waals surface area contributed by atoms with Crippen molar-refractivity contribution in [2.24, 2.45) is 0 Å². The molecule has 0 aliphatic heterocycles. The summed E-state index contributed by atoms with van der Waals surface area (Å²) < 4.78 is 24.0. The summed E-state index contributed by atoms with van der Waals surface area (Å²) in [7, 11) is -3.33. The van der Waals surface area contributed by atoms with Crippen molar-refractivity contribution in [3.05, 3.63) is 78.6 Å². The summed E-state index contributed by atoms with van der Waals surface area (Å²) in [5, 5.41) is 3.99. The fraction of sp³-hybridized carbons (Fsp3) is 0.0952. The molecule has 7 heteroatoms. The van der Waals surface area contributed by atoms with Crippen molar-refractivity contribution in [2.75, 3.05) is 11.6 Å². The number of hydrogen-bond acceptors (Lipinski definition) is 6. The van der Waals surface area contributed by atoms with Gasteiger partial charge in [-0.15, -0.1) is 0 Å². The van der Waals surface area contributed by atoms with Crippen molar-refractivity contribution >= 4 is 26.6 Å². The van der Waals surface area contributed by atoms with Gasteiger partial charge in [0.25, 0.3) is 0 Å². The summed E-state index contributed by atoms with van der Waals surface area (Å²) in [6.07, 6.45) is 4.58. The molecule has 0 saturated carbocycles. The first-order chi connectivity index (χ1) is 13.5. The zero-order chi connectivity index (χ0) is 19.6. The smallest absolute Gasteiger partial charge is 0.175 e. The summed E-state index contributed by atoms with van der Waals surface area (Å²) >= 11 is 0. The Kier molecular flexibility index (Phi) is 4.75. The maximum atomic E-state index is 12.0. The van der Waals surface area contributed by atoms with Gasteiger partial charge in [-0.05, 0) is 35.9 Å². The first kappa shape index (κ1) is 18.1. The molecule has 0 aliphatic carbocycles. The molecule has 2 aromatic carbocycles. The number of pyridine rings is 1. The van der Waals surface area contributed by atoms with Crippen molar-refractivity contribution in [2.45, 2.75) is 11.4 Å². The Bertz CT molecular complexity index is 1230. The minimum atomic E-state index is -3.33. The summed E-state index contributed by atoms with van der Waals surface area (Å²) in [6.45, 7) is 0.558. The Hall–Kier alpha value is -3.32. The van der Waals surface area contributed by atoms with Gasteiger partial charge in [0.1, 0.15) is 5.82 Å². The van der Waals surface area contributed by atoms with E-state index in [0.29, 0.717) is 29.1 Å². The van der Waals surface area contributed by atoms with Crippen LogP contribution in [0.25, 0.3) is 22.3 Å². The van der Waals surface area contributed by atoms with Gasteiger partial charge in [0.2, 0.25) is 0 Å². The van der Waals surface area contributed by atoms with Crippen LogP contribution in [0.2, 0.25) is 0 Å². The first-order valence-electron chi connectivity index (χ1n) is 8.71. The van der Waals surface area contributed by atoms with Crippen LogP contribution in [-0.2, 0) is 16.4 Å². The van der Waals surface area contributed by atoms with Crippen LogP contribution in [0.3, 0.4) is 0 Å². The molecule has 0 atom stereocenters. The van der Waals surface area contributed by atoms with Gasteiger partial charge in [0, 0.05) is 36.1 Å². The minimum Gasteiger partial charge on any atom is -0.365 e. The van der Waals surface area contributed by atoms with E-state index in [2.05, 4.69) is 20.3 Å². The molecule has 0 unspecified atom stereocenters. The summed E-state index contributed by atoms with van der Waals surface area (Å²) in [6, 6.07) is 18.5. The molecule has 1 N–H and O–H groups in total. The number of aromatic nitrogens is 3. The van der Waals surface area contributed by atoms with Gasteiger partial charge in [0.15, 0.2) is 15.7 Å². The molecular formula is C21H18N4O2S. The average Bonchev–Trinajstić information content (AvgIpc) is 2.72. The Morgan fingerprint density at radius 3 is 2.50 bits per heavy atom. The quantitative estimate of drug-likeness (QED) is 0.559. The highest BCUT2D eigenvalue weighted by molar-refractivity contribution is 7.90. The third-order valence-corrected chi connectivity index (χ3v) is 5.43. The number of rotatable bonds is 5. The van der Waals surface area contributed by atoms with E-state index in [0.717, 1.165) is 11.1 Å². The van der Waals surface area contributed by atoms with Crippen LogP contribution in [0.5, 0.6) is 0 Å². The lowest BCUT2D eigenvalue weighted by atomic mass is 10.2. The van der Waals surface area contributed by atoms with Crippen LogP contribution in [0.15, 0.2) is 78.0 Å². The van der Waals surface area contributed by atoms with E-state index in [1.165, 1.54) is 6.26 Å². The normalized spacial score (nSPS) is 11.5. The van der Waals surface area contributed by atoms with E-state index in [1.54, 1.807) is 30.6 Å². The Labute approximate surface area is 163 Å². The van der Waals surface area contributed by atoms with Gasteiger partial charge in [-0.3, -0.25) is 4.98 Å². The molecule has 4 rings (SSSR count). The monoisotopic (exact) mass is 390 g/mol. The highest BCUT2D eigenvalue weighted by atomic mass is 32.2. The largest absolute Gasteiger partial charge is 0.365 e. The Balaban J connectivity index is 1.84. The van der Waals surface area contributed by atoms with Crippen molar-refractivity contribution < 1.29 is 8.42 Å². The van der Waals surface area contributed by atoms with Gasteiger partial charge in [-0.1, -0.05) is 30.3 Å². The second-order valence-corrected chi connectivity index (χ2v) is 8.44. The third kappa shape index (κ3) is 3.84. The third-order valence-electron chi connectivity index (χ3n) is 4.32. The second kappa shape index (κ2) is 7.36. The van der Waals surface area contributed by atoms with E-state index in [9.17, 15) is 8.42 Å². The predicted octanol–water partition coefficient (Wildman–Crippen LogP) is 3.71. The number of fused-ring (bicyclic) bond motifs is 1. The lowest BCUT2D eigenvalue weighted by Gasteiger charge is -2.12. The molecule has 0 amide bonds. The molecule has 6 nitrogen and oxygen atoms in total. The molecule has 0 spiro atoms. The lowest BCUT2D eigenvalue weighted by Crippen LogP contribution is -2.05. The Morgan fingerprint density at radius 1 is 0.964 bits per heavy atom. The van der Waals surface area contributed by atoms with E-state index in [1.807, 2.05) is 42.5 Å². The molecule has 0 radical (unpaired) electrons. The van der Waals surface area contributed by atoms with Gasteiger partial charge in [-0.2, -0.15) is 0 Å². The molecule has 2 heterocycles. The average molecular weight is 390 g/mol. The molecule has 0 aliphatic rings. The van der Waals surface area contributed by atoms with Gasteiger partial charge >= 0.3 is 0 Å². The standard InChI is InChI=1S/C21H18N4O2S/c1-28(26,27)17-9-10-19-18(12-17)21(23-13-15-6-3-2-4-7-15)25-20(24-19)16-8-5-11-22-14-16/h2-12,14H,13H2,1H3,(H,23,24,25). The summed E-state index contributed by atoms with van der Waals surface area (Å²) in [5.41, 5.74) is 2.55. The number of nitrogens with one attached hydrogen (secondary N) is 1. The zero-order valence-corrected chi connectivity index (χ0v) is 16.0. The molecule has 28 heavy (non-hydrogen) atoms. The summed E-state index contributed by atoms with van der Waals surface area (Å²) in [4.78, 5) is 13.6. The number of hydrogen-bond donors (Lipinski definition) is 1. The van der Waals surface area contributed by atoms with Crippen LogP contribution in [0.4, 0.5) is 5.82 Å². The molecule has 2 aromatic heterocycles. The van der Waals surface area contributed by atoms with E-state index in [-0.39, 0.29) is 4.90 Å².